The summed E-state index contributed by atoms with van der Waals surface area (Å²) in [5.74, 6) is -0.424. The number of hydrogen-bond donors (Lipinski definition) is 1. The first-order chi connectivity index (χ1) is 9.47. The van der Waals surface area contributed by atoms with Gasteiger partial charge in [0.05, 0.1) is 6.10 Å². The average Bonchev–Trinajstić information content (AvgIpc) is 2.40. The van der Waals surface area contributed by atoms with E-state index in [-0.39, 0.29) is 12.4 Å². The molecule has 2 aromatic rings. The van der Waals surface area contributed by atoms with Gasteiger partial charge in [-0.05, 0) is 42.8 Å². The molecule has 1 N–H and O–H groups in total. The number of halogens is 3. The molecule has 0 aliphatic rings. The molecule has 0 fully saturated rings. The maximum atomic E-state index is 13.8. The molecule has 0 aromatic heterocycles. The van der Waals surface area contributed by atoms with Gasteiger partial charge in [0, 0.05) is 15.6 Å². The van der Waals surface area contributed by atoms with Crippen LogP contribution in [0.2, 0.25) is 10.0 Å². The predicted molar refractivity (Wildman–Crippen MR) is 77.8 cm³/mol. The number of hydrogen-bond acceptors (Lipinski definition) is 2. The lowest BCUT2D eigenvalue weighted by Crippen LogP contribution is -2.00. The zero-order valence-electron chi connectivity index (χ0n) is 10.7. The summed E-state index contributed by atoms with van der Waals surface area (Å²) in [6.07, 6.45) is -0.721. The van der Waals surface area contributed by atoms with Crippen LogP contribution in [0.5, 0.6) is 5.75 Å². The van der Waals surface area contributed by atoms with E-state index in [0.29, 0.717) is 21.2 Å². The van der Waals surface area contributed by atoms with Gasteiger partial charge in [0.1, 0.15) is 6.61 Å². The minimum Gasteiger partial charge on any atom is -0.486 e. The van der Waals surface area contributed by atoms with Crippen LogP contribution in [0.25, 0.3) is 0 Å². The molecule has 2 rings (SSSR count). The van der Waals surface area contributed by atoms with Gasteiger partial charge in [0.15, 0.2) is 11.6 Å². The van der Waals surface area contributed by atoms with E-state index in [1.807, 2.05) is 0 Å². The lowest BCUT2D eigenvalue weighted by atomic mass is 10.1. The Balaban J connectivity index is 2.13. The Bertz CT molecular complexity index is 615. The highest BCUT2D eigenvalue weighted by atomic mass is 35.5. The molecule has 2 nitrogen and oxygen atoms in total. The fraction of sp³-hybridized carbons (Fsp3) is 0.200. The van der Waals surface area contributed by atoms with Crippen molar-refractivity contribution in [1.82, 2.24) is 0 Å². The summed E-state index contributed by atoms with van der Waals surface area (Å²) in [4.78, 5) is 0. The van der Waals surface area contributed by atoms with Gasteiger partial charge in [-0.25, -0.2) is 4.39 Å². The second kappa shape index (κ2) is 6.44. The highest BCUT2D eigenvalue weighted by molar-refractivity contribution is 6.33. The van der Waals surface area contributed by atoms with Gasteiger partial charge in [0.25, 0.3) is 0 Å². The van der Waals surface area contributed by atoms with Crippen molar-refractivity contribution in [3.63, 3.8) is 0 Å². The smallest absolute Gasteiger partial charge is 0.165 e. The summed E-state index contributed by atoms with van der Waals surface area (Å²) in [5.41, 5.74) is 1.17. The monoisotopic (exact) mass is 314 g/mol. The van der Waals surface area contributed by atoms with E-state index >= 15 is 0 Å². The fourth-order valence-electron chi connectivity index (χ4n) is 1.70. The first kappa shape index (κ1) is 15.1. The SMILES string of the molecule is C[C@@H](O)c1ccc(OCc2cc(Cl)ccc2Cl)c(F)c1. The zero-order valence-corrected chi connectivity index (χ0v) is 12.2. The van der Waals surface area contributed by atoms with Gasteiger partial charge in [-0.15, -0.1) is 0 Å². The van der Waals surface area contributed by atoms with Gasteiger partial charge in [-0.3, -0.25) is 0 Å². The molecule has 0 aliphatic heterocycles. The Labute approximate surface area is 126 Å². The highest BCUT2D eigenvalue weighted by Gasteiger charge is 2.09. The number of aliphatic hydroxyl groups is 1. The van der Waals surface area contributed by atoms with E-state index in [0.717, 1.165) is 0 Å². The Hall–Kier alpha value is -1.29. The molecule has 0 heterocycles. The lowest BCUT2D eigenvalue weighted by molar-refractivity contribution is 0.198. The third-order valence-corrected chi connectivity index (χ3v) is 3.43. The highest BCUT2D eigenvalue weighted by Crippen LogP contribution is 2.25. The summed E-state index contributed by atoms with van der Waals surface area (Å²) < 4.78 is 19.2. The zero-order chi connectivity index (χ0) is 14.7. The van der Waals surface area contributed by atoms with Crippen LogP contribution in [0, 0.1) is 5.82 Å². The normalized spacial score (nSPS) is 12.2. The van der Waals surface area contributed by atoms with Gasteiger partial charge >= 0.3 is 0 Å². The largest absolute Gasteiger partial charge is 0.486 e. The van der Waals surface area contributed by atoms with Crippen LogP contribution in [-0.4, -0.2) is 5.11 Å². The molecule has 0 saturated heterocycles. The second-order valence-electron chi connectivity index (χ2n) is 4.39. The number of ether oxygens (including phenoxy) is 1. The van der Waals surface area contributed by atoms with Crippen LogP contribution >= 0.6 is 23.2 Å². The number of rotatable bonds is 4. The second-order valence-corrected chi connectivity index (χ2v) is 5.23. The summed E-state index contributed by atoms with van der Waals surface area (Å²) in [6.45, 7) is 1.69. The van der Waals surface area contributed by atoms with E-state index in [4.69, 9.17) is 27.9 Å². The van der Waals surface area contributed by atoms with Crippen molar-refractivity contribution in [2.24, 2.45) is 0 Å². The molecule has 106 valence electrons. The Morgan fingerprint density at radius 3 is 2.60 bits per heavy atom. The first-order valence-corrected chi connectivity index (χ1v) is 6.77. The molecule has 0 saturated carbocycles. The van der Waals surface area contributed by atoms with Gasteiger partial charge in [0.2, 0.25) is 0 Å². The molecular formula is C15H13Cl2FO2. The molecule has 20 heavy (non-hydrogen) atoms. The molecule has 0 unspecified atom stereocenters. The van der Waals surface area contributed by atoms with Crippen molar-refractivity contribution in [2.75, 3.05) is 0 Å². The van der Waals surface area contributed by atoms with Crippen LogP contribution < -0.4 is 4.74 Å². The van der Waals surface area contributed by atoms with E-state index < -0.39 is 11.9 Å². The third kappa shape index (κ3) is 3.63. The topological polar surface area (TPSA) is 29.5 Å². The number of aliphatic hydroxyl groups excluding tert-OH is 1. The molecule has 0 radical (unpaired) electrons. The van der Waals surface area contributed by atoms with Crippen molar-refractivity contribution in [2.45, 2.75) is 19.6 Å². The maximum absolute atomic E-state index is 13.8. The van der Waals surface area contributed by atoms with Crippen LogP contribution in [0.15, 0.2) is 36.4 Å². The van der Waals surface area contributed by atoms with E-state index in [9.17, 15) is 9.50 Å². The van der Waals surface area contributed by atoms with Crippen molar-refractivity contribution in [3.8, 4) is 5.75 Å². The molecule has 0 spiro atoms. The molecule has 0 bridgehead atoms. The maximum Gasteiger partial charge on any atom is 0.165 e. The molecule has 0 aliphatic carbocycles. The molecule has 0 amide bonds. The van der Waals surface area contributed by atoms with Crippen molar-refractivity contribution in [3.05, 3.63) is 63.4 Å². The minimum atomic E-state index is -0.721. The summed E-state index contributed by atoms with van der Waals surface area (Å²) in [6, 6.07) is 9.35. The first-order valence-electron chi connectivity index (χ1n) is 6.01. The van der Waals surface area contributed by atoms with Crippen LogP contribution in [0.1, 0.15) is 24.2 Å². The quantitative estimate of drug-likeness (QED) is 0.881. The summed E-state index contributed by atoms with van der Waals surface area (Å²) in [5, 5.41) is 10.4. The Morgan fingerprint density at radius 1 is 1.20 bits per heavy atom. The van der Waals surface area contributed by atoms with Crippen LogP contribution in [0.4, 0.5) is 4.39 Å². The Kier molecular flexibility index (Phi) is 4.86. The standard InChI is InChI=1S/C15H13Cl2FO2/c1-9(19)10-2-5-15(14(18)7-10)20-8-11-6-12(16)3-4-13(11)17/h2-7,9,19H,8H2,1H3/t9-/m1/s1. The minimum absolute atomic E-state index is 0.102. The number of benzene rings is 2. The van der Waals surface area contributed by atoms with Crippen molar-refractivity contribution < 1.29 is 14.2 Å². The van der Waals surface area contributed by atoms with Crippen molar-refractivity contribution in [1.29, 1.82) is 0 Å². The summed E-state index contributed by atoms with van der Waals surface area (Å²) in [7, 11) is 0. The predicted octanol–water partition coefficient (Wildman–Crippen LogP) is 4.76. The van der Waals surface area contributed by atoms with Gasteiger partial charge in [-0.1, -0.05) is 29.3 Å². The average molecular weight is 315 g/mol. The van der Waals surface area contributed by atoms with E-state index in [1.165, 1.54) is 12.1 Å². The fourth-order valence-corrected chi connectivity index (χ4v) is 2.07. The molecule has 1 atom stereocenters. The van der Waals surface area contributed by atoms with Crippen molar-refractivity contribution >= 4 is 23.2 Å². The van der Waals surface area contributed by atoms with Gasteiger partial charge in [-0.2, -0.15) is 0 Å². The molecular weight excluding hydrogens is 302 g/mol. The lowest BCUT2D eigenvalue weighted by Gasteiger charge is -2.11. The van der Waals surface area contributed by atoms with E-state index in [2.05, 4.69) is 0 Å². The summed E-state index contributed by atoms with van der Waals surface area (Å²) >= 11 is 11.9. The van der Waals surface area contributed by atoms with Gasteiger partial charge < -0.3 is 9.84 Å². The van der Waals surface area contributed by atoms with Crippen LogP contribution in [0.3, 0.4) is 0 Å². The molecule has 5 heteroatoms. The Morgan fingerprint density at radius 2 is 1.95 bits per heavy atom. The molecule has 2 aromatic carbocycles. The third-order valence-electron chi connectivity index (χ3n) is 2.83. The van der Waals surface area contributed by atoms with E-state index in [1.54, 1.807) is 31.2 Å². The van der Waals surface area contributed by atoms with Crippen LogP contribution in [-0.2, 0) is 6.61 Å².